The molecular formula is C30H50N2+2. The third kappa shape index (κ3) is 13.0. The minimum absolute atomic E-state index is 0.537. The lowest BCUT2D eigenvalue weighted by Gasteiger charge is -2.10. The van der Waals surface area contributed by atoms with Gasteiger partial charge in [0.1, 0.15) is 0 Å². The first-order chi connectivity index (χ1) is 15.9. The molecule has 1 atom stereocenters. The van der Waals surface area contributed by atoms with Crippen molar-refractivity contribution in [1.82, 2.24) is 0 Å². The average molecular weight is 439 g/mol. The Balaban J connectivity index is 1.46. The number of pyridine rings is 2. The molecule has 0 N–H and O–H groups in total. The van der Waals surface area contributed by atoms with E-state index in [4.69, 9.17) is 0 Å². The van der Waals surface area contributed by atoms with E-state index in [2.05, 4.69) is 77.2 Å². The van der Waals surface area contributed by atoms with Gasteiger partial charge in [-0.05, 0) is 6.42 Å². The van der Waals surface area contributed by atoms with Crippen molar-refractivity contribution in [3.05, 3.63) is 61.2 Å². The fourth-order valence-corrected chi connectivity index (χ4v) is 4.72. The van der Waals surface area contributed by atoms with Gasteiger partial charge in [0.2, 0.25) is 12.6 Å². The van der Waals surface area contributed by atoms with Crippen molar-refractivity contribution in [3.63, 3.8) is 0 Å². The van der Waals surface area contributed by atoms with Crippen molar-refractivity contribution in [2.75, 3.05) is 0 Å². The zero-order valence-electron chi connectivity index (χ0n) is 21.0. The van der Waals surface area contributed by atoms with Crippen LogP contribution in [-0.2, 0) is 6.54 Å². The second kappa shape index (κ2) is 18.8. The first-order valence-electron chi connectivity index (χ1n) is 13.8. The third-order valence-corrected chi connectivity index (χ3v) is 6.75. The van der Waals surface area contributed by atoms with Gasteiger partial charge in [0.05, 0.1) is 0 Å². The topological polar surface area (TPSA) is 7.76 Å². The molecule has 0 amide bonds. The number of rotatable bonds is 20. The Morgan fingerprint density at radius 3 is 1.34 bits per heavy atom. The molecule has 32 heavy (non-hydrogen) atoms. The number of unbranched alkanes of at least 4 members (excludes halogenated alkanes) is 15. The molecule has 2 heterocycles. The Morgan fingerprint density at radius 2 is 0.875 bits per heavy atom. The van der Waals surface area contributed by atoms with Crippen LogP contribution in [0.15, 0.2) is 61.2 Å². The minimum atomic E-state index is 0.537. The van der Waals surface area contributed by atoms with Crippen LogP contribution in [0.4, 0.5) is 0 Å². The summed E-state index contributed by atoms with van der Waals surface area (Å²) in [5.74, 6) is 0. The summed E-state index contributed by atoms with van der Waals surface area (Å²) in [7, 11) is 0. The van der Waals surface area contributed by atoms with Gasteiger partial charge in [0, 0.05) is 30.7 Å². The van der Waals surface area contributed by atoms with Gasteiger partial charge in [0.15, 0.2) is 24.8 Å². The molecule has 178 valence electrons. The highest BCUT2D eigenvalue weighted by molar-refractivity contribution is 4.85. The quantitative estimate of drug-likeness (QED) is 0.145. The molecular weight excluding hydrogens is 388 g/mol. The van der Waals surface area contributed by atoms with Gasteiger partial charge >= 0.3 is 0 Å². The molecule has 0 saturated heterocycles. The van der Waals surface area contributed by atoms with Crippen molar-refractivity contribution < 1.29 is 9.13 Å². The Hall–Kier alpha value is -1.70. The minimum Gasteiger partial charge on any atom is -0.198 e. The van der Waals surface area contributed by atoms with E-state index in [1.165, 1.54) is 109 Å². The summed E-state index contributed by atoms with van der Waals surface area (Å²) in [5, 5.41) is 0. The molecule has 2 aromatic rings. The van der Waals surface area contributed by atoms with Crippen LogP contribution in [0.3, 0.4) is 0 Å². The molecule has 0 aliphatic rings. The molecule has 0 aromatic carbocycles. The summed E-state index contributed by atoms with van der Waals surface area (Å²) in [6.07, 6.45) is 33.0. The Morgan fingerprint density at radius 1 is 0.469 bits per heavy atom. The second-order valence-electron chi connectivity index (χ2n) is 9.64. The van der Waals surface area contributed by atoms with E-state index in [0.29, 0.717) is 6.04 Å². The fraction of sp³-hybridized carbons (Fsp3) is 0.667. The maximum absolute atomic E-state index is 2.39. The molecule has 1 unspecified atom stereocenters. The molecule has 0 aliphatic heterocycles. The fourth-order valence-electron chi connectivity index (χ4n) is 4.72. The first kappa shape index (κ1) is 26.6. The molecule has 0 spiro atoms. The molecule has 2 rings (SSSR count). The Bertz CT molecular complexity index is 640. The van der Waals surface area contributed by atoms with Crippen LogP contribution in [0, 0.1) is 0 Å². The molecule has 2 aromatic heterocycles. The maximum atomic E-state index is 2.39. The SMILES string of the molecule is CCCCCCCCCCCCCCCCCCC(C[n+]1ccccc1)[n+]1ccccc1. The summed E-state index contributed by atoms with van der Waals surface area (Å²) in [4.78, 5) is 0. The smallest absolute Gasteiger partial charge is 0.198 e. The predicted molar refractivity (Wildman–Crippen MR) is 136 cm³/mol. The molecule has 2 nitrogen and oxygen atoms in total. The largest absolute Gasteiger partial charge is 0.216 e. The normalized spacial score (nSPS) is 12.2. The van der Waals surface area contributed by atoms with Crippen molar-refractivity contribution in [2.45, 2.75) is 129 Å². The van der Waals surface area contributed by atoms with Crippen LogP contribution >= 0.6 is 0 Å². The monoisotopic (exact) mass is 438 g/mol. The van der Waals surface area contributed by atoms with Crippen LogP contribution in [0.25, 0.3) is 0 Å². The third-order valence-electron chi connectivity index (χ3n) is 6.75. The first-order valence-corrected chi connectivity index (χ1v) is 13.8. The summed E-state index contributed by atoms with van der Waals surface area (Å²) in [6, 6.07) is 13.3. The second-order valence-corrected chi connectivity index (χ2v) is 9.64. The van der Waals surface area contributed by atoms with Gasteiger partial charge in [-0.2, -0.15) is 9.13 Å². The summed E-state index contributed by atoms with van der Waals surface area (Å²) in [6.45, 7) is 3.35. The van der Waals surface area contributed by atoms with Crippen molar-refractivity contribution in [1.29, 1.82) is 0 Å². The summed E-state index contributed by atoms with van der Waals surface area (Å²) >= 11 is 0. The van der Waals surface area contributed by atoms with Gasteiger partial charge < -0.3 is 0 Å². The zero-order chi connectivity index (χ0) is 22.5. The highest BCUT2D eigenvalue weighted by Gasteiger charge is 2.22. The molecule has 0 bridgehead atoms. The molecule has 0 aliphatic carbocycles. The van der Waals surface area contributed by atoms with Crippen molar-refractivity contribution in [2.24, 2.45) is 0 Å². The lowest BCUT2D eigenvalue weighted by atomic mass is 10.0. The van der Waals surface area contributed by atoms with E-state index in [1.54, 1.807) is 0 Å². The van der Waals surface area contributed by atoms with E-state index in [-0.39, 0.29) is 0 Å². The lowest BCUT2D eigenvalue weighted by Crippen LogP contribution is -2.48. The number of hydrogen-bond acceptors (Lipinski definition) is 0. The van der Waals surface area contributed by atoms with Gasteiger partial charge in [-0.3, -0.25) is 0 Å². The van der Waals surface area contributed by atoms with E-state index in [9.17, 15) is 0 Å². The summed E-state index contributed by atoms with van der Waals surface area (Å²) < 4.78 is 4.71. The molecule has 0 radical (unpaired) electrons. The number of hydrogen-bond donors (Lipinski definition) is 0. The number of nitrogens with zero attached hydrogens (tertiary/aromatic N) is 2. The maximum Gasteiger partial charge on any atom is 0.216 e. The van der Waals surface area contributed by atoms with Crippen LogP contribution < -0.4 is 9.13 Å². The van der Waals surface area contributed by atoms with Crippen LogP contribution in [0.2, 0.25) is 0 Å². The molecule has 0 fully saturated rings. The van der Waals surface area contributed by atoms with Gasteiger partial charge in [0.25, 0.3) is 0 Å². The number of aromatic nitrogens is 2. The van der Waals surface area contributed by atoms with Crippen molar-refractivity contribution in [3.8, 4) is 0 Å². The van der Waals surface area contributed by atoms with Gasteiger partial charge in [-0.1, -0.05) is 115 Å². The van der Waals surface area contributed by atoms with Crippen molar-refractivity contribution >= 4 is 0 Å². The Kier molecular flexibility index (Phi) is 15.6. The lowest BCUT2D eigenvalue weighted by molar-refractivity contribution is -0.798. The Labute approximate surface area is 199 Å². The van der Waals surface area contributed by atoms with Gasteiger partial charge in [-0.15, -0.1) is 0 Å². The zero-order valence-corrected chi connectivity index (χ0v) is 21.0. The van der Waals surface area contributed by atoms with Crippen LogP contribution in [-0.4, -0.2) is 0 Å². The van der Waals surface area contributed by atoms with E-state index >= 15 is 0 Å². The van der Waals surface area contributed by atoms with E-state index in [0.717, 1.165) is 6.54 Å². The predicted octanol–water partition coefficient (Wildman–Crippen LogP) is 8.15. The molecule has 2 heteroatoms. The highest BCUT2D eigenvalue weighted by atomic mass is 15.0. The standard InChI is InChI=1S/C30H50N2/c1-2-3-4-5-6-7-8-9-10-11-12-13-14-15-16-19-24-30(32-27-22-18-23-28-32)29-31-25-20-17-21-26-31/h17-18,20-23,25-28,30H,2-16,19,24,29H2,1H3/q+2. The van der Waals surface area contributed by atoms with E-state index < -0.39 is 0 Å². The average Bonchev–Trinajstić information content (AvgIpc) is 2.84. The van der Waals surface area contributed by atoms with Gasteiger partial charge in [-0.25, -0.2) is 0 Å². The summed E-state index contributed by atoms with van der Waals surface area (Å²) in [5.41, 5.74) is 0. The van der Waals surface area contributed by atoms with Crippen LogP contribution in [0.1, 0.15) is 122 Å². The van der Waals surface area contributed by atoms with E-state index in [1.807, 2.05) is 0 Å². The molecule has 0 saturated carbocycles. The van der Waals surface area contributed by atoms with Crippen LogP contribution in [0.5, 0.6) is 0 Å². The highest BCUT2D eigenvalue weighted by Crippen LogP contribution is 2.15.